The van der Waals surface area contributed by atoms with Gasteiger partial charge in [-0.1, -0.05) is 26.0 Å². The molecule has 1 aromatic rings. The van der Waals surface area contributed by atoms with E-state index < -0.39 is 0 Å². The molecule has 0 spiro atoms. The monoisotopic (exact) mass is 276 g/mol. The second kappa shape index (κ2) is 7.09. The molecule has 1 aliphatic heterocycles. The Balaban J connectivity index is 2.00. The summed E-state index contributed by atoms with van der Waals surface area (Å²) in [6, 6.07) is 8.35. The van der Waals surface area contributed by atoms with Gasteiger partial charge in [0.05, 0.1) is 7.11 Å². The van der Waals surface area contributed by atoms with Gasteiger partial charge in [0.25, 0.3) is 0 Å². The zero-order chi connectivity index (χ0) is 14.5. The highest BCUT2D eigenvalue weighted by atomic mass is 16.5. The Bertz CT molecular complexity index is 394. The Labute approximate surface area is 123 Å². The Kier molecular flexibility index (Phi) is 5.44. The number of likely N-dealkylation sites (tertiary alicyclic amines) is 1. The Morgan fingerprint density at radius 3 is 2.30 bits per heavy atom. The fraction of sp³-hybridized carbons (Fsp3) is 0.647. The van der Waals surface area contributed by atoms with Gasteiger partial charge in [0.2, 0.25) is 0 Å². The minimum atomic E-state index is 0.415. The van der Waals surface area contributed by atoms with Crippen LogP contribution in [0.2, 0.25) is 0 Å². The molecule has 3 unspecified atom stereocenters. The summed E-state index contributed by atoms with van der Waals surface area (Å²) < 4.78 is 5.22. The van der Waals surface area contributed by atoms with E-state index in [9.17, 15) is 0 Å². The van der Waals surface area contributed by atoms with Crippen molar-refractivity contribution in [2.75, 3.05) is 33.3 Å². The van der Waals surface area contributed by atoms with Gasteiger partial charge in [-0.15, -0.1) is 0 Å². The summed E-state index contributed by atoms with van der Waals surface area (Å²) >= 11 is 0. The van der Waals surface area contributed by atoms with Crippen molar-refractivity contribution in [3.05, 3.63) is 29.8 Å². The fourth-order valence-corrected chi connectivity index (χ4v) is 3.44. The van der Waals surface area contributed by atoms with Crippen LogP contribution in [-0.2, 0) is 0 Å². The number of hydrogen-bond acceptors (Lipinski definition) is 3. The fourth-order valence-electron chi connectivity index (χ4n) is 3.44. The largest absolute Gasteiger partial charge is 0.497 e. The SMILES string of the molecule is COc1ccc(C(CN)CN2CC(C)CC(C)C2)cc1. The van der Waals surface area contributed by atoms with E-state index in [-0.39, 0.29) is 0 Å². The standard InChI is InChI=1S/C17H28N2O/c1-13-8-14(2)11-19(10-13)12-16(9-18)15-4-6-17(20-3)7-5-15/h4-7,13-14,16H,8-12,18H2,1-3H3. The Morgan fingerprint density at radius 1 is 1.20 bits per heavy atom. The molecule has 1 fully saturated rings. The van der Waals surface area contributed by atoms with Crippen LogP contribution in [0.5, 0.6) is 5.75 Å². The van der Waals surface area contributed by atoms with E-state index in [1.165, 1.54) is 25.1 Å². The number of rotatable bonds is 5. The average molecular weight is 276 g/mol. The quantitative estimate of drug-likeness (QED) is 0.898. The smallest absolute Gasteiger partial charge is 0.118 e. The van der Waals surface area contributed by atoms with Crippen LogP contribution in [-0.4, -0.2) is 38.2 Å². The molecule has 0 amide bonds. The van der Waals surface area contributed by atoms with Crippen LogP contribution in [0.25, 0.3) is 0 Å². The number of nitrogens with two attached hydrogens (primary N) is 1. The maximum absolute atomic E-state index is 6.00. The van der Waals surface area contributed by atoms with Gasteiger partial charge in [0.15, 0.2) is 0 Å². The molecule has 3 atom stereocenters. The number of methoxy groups -OCH3 is 1. The van der Waals surface area contributed by atoms with Crippen molar-refractivity contribution in [2.45, 2.75) is 26.2 Å². The van der Waals surface area contributed by atoms with Crippen molar-refractivity contribution in [3.63, 3.8) is 0 Å². The molecule has 3 heteroatoms. The first kappa shape index (κ1) is 15.3. The van der Waals surface area contributed by atoms with Crippen LogP contribution in [0.3, 0.4) is 0 Å². The molecular weight excluding hydrogens is 248 g/mol. The van der Waals surface area contributed by atoms with E-state index in [0.717, 1.165) is 24.1 Å². The van der Waals surface area contributed by atoms with E-state index in [1.807, 2.05) is 12.1 Å². The van der Waals surface area contributed by atoms with Crippen LogP contribution in [0.15, 0.2) is 24.3 Å². The van der Waals surface area contributed by atoms with Crippen molar-refractivity contribution in [1.29, 1.82) is 0 Å². The lowest BCUT2D eigenvalue weighted by Gasteiger charge is -2.37. The Hall–Kier alpha value is -1.06. The minimum Gasteiger partial charge on any atom is -0.497 e. The van der Waals surface area contributed by atoms with Crippen molar-refractivity contribution in [1.82, 2.24) is 4.90 Å². The van der Waals surface area contributed by atoms with Crippen LogP contribution in [0.4, 0.5) is 0 Å². The average Bonchev–Trinajstić information content (AvgIpc) is 2.44. The number of ether oxygens (including phenoxy) is 1. The minimum absolute atomic E-state index is 0.415. The Morgan fingerprint density at radius 2 is 1.80 bits per heavy atom. The first-order valence-corrected chi connectivity index (χ1v) is 7.68. The van der Waals surface area contributed by atoms with E-state index in [1.54, 1.807) is 7.11 Å². The third-order valence-electron chi connectivity index (χ3n) is 4.29. The molecule has 2 N–H and O–H groups in total. The molecular formula is C17H28N2O. The summed E-state index contributed by atoms with van der Waals surface area (Å²) in [6.07, 6.45) is 1.35. The van der Waals surface area contributed by atoms with Gasteiger partial charge in [-0.2, -0.15) is 0 Å². The van der Waals surface area contributed by atoms with E-state index >= 15 is 0 Å². The molecule has 0 saturated carbocycles. The highest BCUT2D eigenvalue weighted by molar-refractivity contribution is 5.29. The van der Waals surface area contributed by atoms with Gasteiger partial charge in [-0.3, -0.25) is 0 Å². The molecule has 2 rings (SSSR count). The van der Waals surface area contributed by atoms with Gasteiger partial charge in [-0.25, -0.2) is 0 Å². The first-order chi connectivity index (χ1) is 9.62. The summed E-state index contributed by atoms with van der Waals surface area (Å²) in [7, 11) is 1.70. The van der Waals surface area contributed by atoms with Gasteiger partial charge in [-0.05, 0) is 36.0 Å². The van der Waals surface area contributed by atoms with Crippen LogP contribution < -0.4 is 10.5 Å². The normalized spacial score (nSPS) is 25.4. The van der Waals surface area contributed by atoms with Crippen molar-refractivity contribution in [2.24, 2.45) is 17.6 Å². The zero-order valence-corrected chi connectivity index (χ0v) is 13.0. The van der Waals surface area contributed by atoms with Crippen molar-refractivity contribution < 1.29 is 4.74 Å². The molecule has 0 radical (unpaired) electrons. The third-order valence-corrected chi connectivity index (χ3v) is 4.29. The zero-order valence-electron chi connectivity index (χ0n) is 13.0. The third kappa shape index (κ3) is 3.97. The maximum atomic E-state index is 6.00. The summed E-state index contributed by atoms with van der Waals surface area (Å²) in [4.78, 5) is 2.58. The van der Waals surface area contributed by atoms with Gasteiger partial charge in [0, 0.05) is 32.1 Å². The molecule has 0 bridgehead atoms. The van der Waals surface area contributed by atoms with E-state index in [0.29, 0.717) is 12.5 Å². The lowest BCUT2D eigenvalue weighted by molar-refractivity contribution is 0.134. The number of nitrogens with zero attached hydrogens (tertiary/aromatic N) is 1. The maximum Gasteiger partial charge on any atom is 0.118 e. The summed E-state index contributed by atoms with van der Waals surface area (Å²) in [6.45, 7) is 8.89. The molecule has 20 heavy (non-hydrogen) atoms. The molecule has 0 aliphatic carbocycles. The number of piperidine rings is 1. The predicted octanol–water partition coefficient (Wildman–Crippen LogP) is 2.72. The summed E-state index contributed by atoms with van der Waals surface area (Å²) in [5, 5.41) is 0. The molecule has 1 saturated heterocycles. The van der Waals surface area contributed by atoms with Gasteiger partial charge >= 0.3 is 0 Å². The van der Waals surface area contributed by atoms with Gasteiger partial charge in [0.1, 0.15) is 5.75 Å². The van der Waals surface area contributed by atoms with Crippen molar-refractivity contribution in [3.8, 4) is 5.75 Å². The van der Waals surface area contributed by atoms with E-state index in [4.69, 9.17) is 10.5 Å². The van der Waals surface area contributed by atoms with Crippen LogP contribution in [0.1, 0.15) is 31.7 Å². The predicted molar refractivity (Wildman–Crippen MR) is 84.2 cm³/mol. The highest BCUT2D eigenvalue weighted by Crippen LogP contribution is 2.25. The van der Waals surface area contributed by atoms with Crippen molar-refractivity contribution >= 4 is 0 Å². The number of hydrogen-bond donors (Lipinski definition) is 1. The lowest BCUT2D eigenvalue weighted by atomic mass is 9.90. The number of benzene rings is 1. The summed E-state index contributed by atoms with van der Waals surface area (Å²) in [5.41, 5.74) is 7.32. The first-order valence-electron chi connectivity index (χ1n) is 7.68. The highest BCUT2D eigenvalue weighted by Gasteiger charge is 2.24. The van der Waals surface area contributed by atoms with Crippen LogP contribution in [0, 0.1) is 11.8 Å². The molecule has 0 aromatic heterocycles. The molecule has 1 aromatic carbocycles. The topological polar surface area (TPSA) is 38.5 Å². The second-order valence-corrected chi connectivity index (χ2v) is 6.37. The molecule has 1 aliphatic rings. The summed E-state index contributed by atoms with van der Waals surface area (Å²) in [5.74, 6) is 2.92. The molecule has 3 nitrogen and oxygen atoms in total. The molecule has 1 heterocycles. The van der Waals surface area contributed by atoms with Crippen LogP contribution >= 0.6 is 0 Å². The molecule has 112 valence electrons. The van der Waals surface area contributed by atoms with E-state index in [2.05, 4.69) is 30.9 Å². The second-order valence-electron chi connectivity index (χ2n) is 6.37. The lowest BCUT2D eigenvalue weighted by Crippen LogP contribution is -2.41. The van der Waals surface area contributed by atoms with Gasteiger partial charge < -0.3 is 15.4 Å².